The molecule has 0 aliphatic carbocycles. The third-order valence-corrected chi connectivity index (χ3v) is 4.95. The molecule has 0 fully saturated rings. The number of nitrogens with one attached hydrogen (secondary N) is 1. The number of rotatable bonds is 3. The van der Waals surface area contributed by atoms with Gasteiger partial charge >= 0.3 is 0 Å². The first-order valence-electron chi connectivity index (χ1n) is 7.32. The smallest absolute Gasteiger partial charge is 0.263 e. The minimum absolute atomic E-state index is 0.104. The molecule has 1 aliphatic heterocycles. The van der Waals surface area contributed by atoms with E-state index in [1.807, 2.05) is 35.7 Å². The monoisotopic (exact) mass is 329 g/mol. The summed E-state index contributed by atoms with van der Waals surface area (Å²) in [5.74, 6) is 1.35. The van der Waals surface area contributed by atoms with Crippen molar-refractivity contribution in [2.45, 2.75) is 13.5 Å². The Morgan fingerprint density at radius 1 is 1.39 bits per heavy atom. The molecule has 1 amide bonds. The molecule has 0 atom stereocenters. The highest BCUT2D eigenvalue weighted by Crippen LogP contribution is 2.33. The Kier molecular flexibility index (Phi) is 3.42. The van der Waals surface area contributed by atoms with Gasteiger partial charge in [-0.1, -0.05) is 23.5 Å². The van der Waals surface area contributed by atoms with Crippen molar-refractivity contribution in [1.29, 1.82) is 0 Å². The normalized spacial score (nSPS) is 13.3. The van der Waals surface area contributed by atoms with Gasteiger partial charge in [0.1, 0.15) is 18.1 Å². The molecule has 4 rings (SSSR count). The lowest BCUT2D eigenvalue weighted by Crippen LogP contribution is -2.24. The third-order valence-electron chi connectivity index (χ3n) is 3.78. The number of amides is 1. The van der Waals surface area contributed by atoms with Crippen LogP contribution < -0.4 is 14.8 Å². The van der Waals surface area contributed by atoms with Crippen molar-refractivity contribution in [2.75, 3.05) is 13.2 Å². The number of imidazole rings is 1. The molecular formula is C16H15N3O3S. The average molecular weight is 329 g/mol. The number of thiazole rings is 1. The second kappa shape index (κ2) is 5.58. The van der Waals surface area contributed by atoms with Crippen LogP contribution in [0.25, 0.3) is 4.96 Å². The van der Waals surface area contributed by atoms with Crippen molar-refractivity contribution in [2.24, 2.45) is 0 Å². The van der Waals surface area contributed by atoms with Crippen LogP contribution in [0.4, 0.5) is 0 Å². The van der Waals surface area contributed by atoms with Crippen LogP contribution in [-0.4, -0.2) is 28.5 Å². The zero-order valence-electron chi connectivity index (χ0n) is 12.5. The molecule has 0 saturated heterocycles. The van der Waals surface area contributed by atoms with Crippen LogP contribution in [0.15, 0.2) is 30.6 Å². The van der Waals surface area contributed by atoms with E-state index < -0.39 is 0 Å². The van der Waals surface area contributed by atoms with Crippen molar-refractivity contribution < 1.29 is 14.3 Å². The summed E-state index contributed by atoms with van der Waals surface area (Å²) < 4.78 is 13.1. The van der Waals surface area contributed by atoms with Crippen molar-refractivity contribution >= 4 is 22.2 Å². The Morgan fingerprint density at radius 3 is 3.13 bits per heavy atom. The van der Waals surface area contributed by atoms with Crippen molar-refractivity contribution in [3.8, 4) is 11.5 Å². The van der Waals surface area contributed by atoms with Crippen molar-refractivity contribution in [1.82, 2.24) is 14.7 Å². The summed E-state index contributed by atoms with van der Waals surface area (Å²) in [6, 6.07) is 5.71. The van der Waals surface area contributed by atoms with Crippen LogP contribution >= 0.6 is 11.3 Å². The number of fused-ring (bicyclic) bond motifs is 2. The summed E-state index contributed by atoms with van der Waals surface area (Å²) in [4.78, 5) is 18.2. The van der Waals surface area contributed by atoms with Gasteiger partial charge < -0.3 is 14.8 Å². The van der Waals surface area contributed by atoms with Gasteiger partial charge in [0.2, 0.25) is 0 Å². The van der Waals surface area contributed by atoms with Gasteiger partial charge in [0.15, 0.2) is 16.5 Å². The van der Waals surface area contributed by atoms with E-state index >= 15 is 0 Å². The molecule has 0 spiro atoms. The molecule has 1 aromatic carbocycles. The Balaban J connectivity index is 1.54. The highest BCUT2D eigenvalue weighted by molar-refractivity contribution is 7.19. The summed E-state index contributed by atoms with van der Waals surface area (Å²) in [5.41, 5.74) is 1.81. The highest BCUT2D eigenvalue weighted by Gasteiger charge is 2.19. The average Bonchev–Trinajstić information content (AvgIpc) is 3.16. The number of carbonyl (C=O) groups excluding carboxylic acids is 1. The van der Waals surface area contributed by atoms with E-state index in [2.05, 4.69) is 10.3 Å². The number of aromatic nitrogens is 2. The predicted molar refractivity (Wildman–Crippen MR) is 86.4 cm³/mol. The Bertz CT molecular complexity index is 884. The molecule has 118 valence electrons. The first-order valence-corrected chi connectivity index (χ1v) is 8.14. The fraction of sp³-hybridized carbons (Fsp3) is 0.250. The van der Waals surface area contributed by atoms with Crippen LogP contribution in [0.1, 0.15) is 20.9 Å². The Hall–Kier alpha value is -2.54. The lowest BCUT2D eigenvalue weighted by atomic mass is 10.1. The molecule has 3 heterocycles. The standard InChI is InChI=1S/C16H15N3O3S/c1-10-14(23-16-17-5-6-19(10)16)15(20)18-9-11-3-2-4-12-13(11)22-8-7-21-12/h2-6H,7-9H2,1H3,(H,18,20). The largest absolute Gasteiger partial charge is 0.486 e. The van der Waals surface area contributed by atoms with Crippen LogP contribution in [0.3, 0.4) is 0 Å². The SMILES string of the molecule is Cc1c(C(=O)NCc2cccc3c2OCCO3)sc2nccn12. The summed E-state index contributed by atoms with van der Waals surface area (Å²) in [6.45, 7) is 3.39. The predicted octanol–water partition coefficient (Wildman–Crippen LogP) is 2.41. The van der Waals surface area contributed by atoms with Gasteiger partial charge in [-0.3, -0.25) is 9.20 Å². The van der Waals surface area contributed by atoms with E-state index in [0.717, 1.165) is 27.7 Å². The van der Waals surface area contributed by atoms with Crippen LogP contribution in [0.5, 0.6) is 11.5 Å². The summed E-state index contributed by atoms with van der Waals surface area (Å²) in [5, 5.41) is 2.95. The molecule has 0 saturated carbocycles. The summed E-state index contributed by atoms with van der Waals surface area (Å²) in [6.07, 6.45) is 3.59. The number of hydrogen-bond acceptors (Lipinski definition) is 5. The quantitative estimate of drug-likeness (QED) is 0.801. The molecule has 0 unspecified atom stereocenters. The second-order valence-corrected chi connectivity index (χ2v) is 6.20. The molecule has 1 aliphatic rings. The van der Waals surface area contributed by atoms with Gasteiger partial charge in [0.05, 0.1) is 0 Å². The molecule has 7 heteroatoms. The van der Waals surface area contributed by atoms with E-state index in [9.17, 15) is 4.79 Å². The van der Waals surface area contributed by atoms with Crippen LogP contribution in [0, 0.1) is 6.92 Å². The van der Waals surface area contributed by atoms with Gasteiger partial charge in [-0.25, -0.2) is 4.98 Å². The third kappa shape index (κ3) is 2.43. The Morgan fingerprint density at radius 2 is 2.26 bits per heavy atom. The number of nitrogens with zero attached hydrogens (tertiary/aromatic N) is 2. The summed E-state index contributed by atoms with van der Waals surface area (Å²) in [7, 11) is 0. The van der Waals surface area contributed by atoms with Crippen molar-refractivity contribution in [3.63, 3.8) is 0 Å². The topological polar surface area (TPSA) is 64.9 Å². The maximum Gasteiger partial charge on any atom is 0.263 e. The van der Waals surface area contributed by atoms with Crippen molar-refractivity contribution in [3.05, 3.63) is 46.7 Å². The van der Waals surface area contributed by atoms with Gasteiger partial charge in [0, 0.05) is 30.2 Å². The fourth-order valence-electron chi connectivity index (χ4n) is 2.63. The van der Waals surface area contributed by atoms with Gasteiger partial charge in [-0.2, -0.15) is 0 Å². The van der Waals surface area contributed by atoms with Crippen LogP contribution in [0.2, 0.25) is 0 Å². The molecule has 0 bridgehead atoms. The zero-order valence-corrected chi connectivity index (χ0v) is 13.4. The van der Waals surface area contributed by atoms with E-state index in [-0.39, 0.29) is 5.91 Å². The minimum Gasteiger partial charge on any atom is -0.486 e. The molecule has 1 N–H and O–H groups in total. The fourth-order valence-corrected chi connectivity index (χ4v) is 3.64. The van der Waals surface area contributed by atoms with Gasteiger partial charge in [-0.15, -0.1) is 0 Å². The highest BCUT2D eigenvalue weighted by atomic mass is 32.1. The molecule has 6 nitrogen and oxygen atoms in total. The lowest BCUT2D eigenvalue weighted by molar-refractivity contribution is 0.0953. The molecular weight excluding hydrogens is 314 g/mol. The number of carbonyl (C=O) groups is 1. The summed E-state index contributed by atoms with van der Waals surface area (Å²) >= 11 is 1.39. The van der Waals surface area contributed by atoms with E-state index in [4.69, 9.17) is 9.47 Å². The van der Waals surface area contributed by atoms with E-state index in [1.54, 1.807) is 6.20 Å². The first kappa shape index (κ1) is 14.1. The number of ether oxygens (including phenoxy) is 2. The lowest BCUT2D eigenvalue weighted by Gasteiger charge is -2.21. The Labute approximate surface area is 136 Å². The van der Waals surface area contributed by atoms with Gasteiger partial charge in [-0.05, 0) is 13.0 Å². The van der Waals surface area contributed by atoms with Crippen LogP contribution in [-0.2, 0) is 6.54 Å². The van der Waals surface area contributed by atoms with Gasteiger partial charge in [0.25, 0.3) is 5.91 Å². The maximum atomic E-state index is 12.5. The van der Waals surface area contributed by atoms with E-state index in [1.165, 1.54) is 11.3 Å². The molecule has 0 radical (unpaired) electrons. The zero-order chi connectivity index (χ0) is 15.8. The second-order valence-electron chi connectivity index (χ2n) is 5.22. The maximum absolute atomic E-state index is 12.5. The number of aryl methyl sites for hydroxylation is 1. The minimum atomic E-state index is -0.104. The molecule has 23 heavy (non-hydrogen) atoms. The number of hydrogen-bond donors (Lipinski definition) is 1. The first-order chi connectivity index (χ1) is 11.2. The number of benzene rings is 1. The molecule has 3 aromatic rings. The molecule has 2 aromatic heterocycles. The van der Waals surface area contributed by atoms with E-state index in [0.29, 0.717) is 24.6 Å². The number of para-hydroxylation sites is 1.